The number of carboxylic acid groups (broad SMARTS) is 1. The Bertz CT molecular complexity index is 423. The maximum Gasteiger partial charge on any atom is 0.317 e. The molecule has 6 nitrogen and oxygen atoms in total. The van der Waals surface area contributed by atoms with Crippen LogP contribution in [0.15, 0.2) is 0 Å². The second-order valence-electron chi connectivity index (χ2n) is 7.36. The molecule has 2 fully saturated rings. The van der Waals surface area contributed by atoms with Crippen LogP contribution < -0.4 is 0 Å². The van der Waals surface area contributed by atoms with Gasteiger partial charge < -0.3 is 14.7 Å². The maximum absolute atomic E-state index is 12.9. The third-order valence-electron chi connectivity index (χ3n) is 5.31. The van der Waals surface area contributed by atoms with Gasteiger partial charge in [0.15, 0.2) is 0 Å². The van der Waals surface area contributed by atoms with Crippen LogP contribution >= 0.6 is 0 Å². The number of ether oxygens (including phenoxy) is 1. The predicted octanol–water partition coefficient (Wildman–Crippen LogP) is 1.84. The molecule has 0 aromatic heterocycles. The van der Waals surface area contributed by atoms with Gasteiger partial charge in [0.1, 0.15) is 0 Å². The van der Waals surface area contributed by atoms with Gasteiger partial charge in [0.25, 0.3) is 0 Å². The van der Waals surface area contributed by atoms with Crippen LogP contribution in [0, 0.1) is 11.8 Å². The highest BCUT2D eigenvalue weighted by Crippen LogP contribution is 2.32. The van der Waals surface area contributed by atoms with Crippen molar-refractivity contribution in [2.75, 3.05) is 39.8 Å². The number of morpholine rings is 1. The van der Waals surface area contributed by atoms with Gasteiger partial charge in [-0.05, 0) is 25.8 Å². The van der Waals surface area contributed by atoms with Gasteiger partial charge >= 0.3 is 5.97 Å². The number of carbonyl (C=O) groups excluding carboxylic acids is 1. The summed E-state index contributed by atoms with van der Waals surface area (Å²) in [5.74, 6) is 0.267. The zero-order valence-corrected chi connectivity index (χ0v) is 15.1. The molecule has 2 rings (SSSR count). The molecule has 2 aliphatic rings. The molecular formula is C18H32N2O4. The summed E-state index contributed by atoms with van der Waals surface area (Å²) in [4.78, 5) is 27.3. The minimum Gasteiger partial charge on any atom is -0.480 e. The summed E-state index contributed by atoms with van der Waals surface area (Å²) in [6.07, 6.45) is 6.99. The Morgan fingerprint density at radius 2 is 2.04 bits per heavy atom. The lowest BCUT2D eigenvalue weighted by molar-refractivity contribution is -0.146. The van der Waals surface area contributed by atoms with Gasteiger partial charge in [0, 0.05) is 25.6 Å². The van der Waals surface area contributed by atoms with E-state index in [1.54, 1.807) is 11.9 Å². The molecule has 6 heteroatoms. The Labute approximate surface area is 145 Å². The van der Waals surface area contributed by atoms with Crippen LogP contribution in [0.4, 0.5) is 0 Å². The van der Waals surface area contributed by atoms with Gasteiger partial charge in [-0.1, -0.05) is 32.6 Å². The van der Waals surface area contributed by atoms with Crippen molar-refractivity contribution < 1.29 is 19.4 Å². The lowest BCUT2D eigenvalue weighted by atomic mass is 9.90. The van der Waals surface area contributed by atoms with E-state index in [1.165, 1.54) is 25.7 Å². The number of likely N-dealkylation sites (N-methyl/N-ethyl adjacent to an activating group) is 1. The third-order valence-corrected chi connectivity index (χ3v) is 5.31. The fourth-order valence-corrected chi connectivity index (χ4v) is 4.02. The topological polar surface area (TPSA) is 70.1 Å². The summed E-state index contributed by atoms with van der Waals surface area (Å²) in [7, 11) is 1.77. The number of hydrogen-bond donors (Lipinski definition) is 1. The fourth-order valence-electron chi connectivity index (χ4n) is 4.02. The molecule has 0 aromatic rings. The quantitative estimate of drug-likeness (QED) is 0.730. The summed E-state index contributed by atoms with van der Waals surface area (Å²) in [6, 6.07) is 0. The molecule has 1 N–H and O–H groups in total. The summed E-state index contributed by atoms with van der Waals surface area (Å²) < 4.78 is 5.73. The van der Waals surface area contributed by atoms with Crippen molar-refractivity contribution in [1.29, 1.82) is 0 Å². The van der Waals surface area contributed by atoms with Gasteiger partial charge in [-0.3, -0.25) is 14.5 Å². The molecule has 1 saturated carbocycles. The van der Waals surface area contributed by atoms with Crippen molar-refractivity contribution in [2.24, 2.45) is 11.8 Å². The molecular weight excluding hydrogens is 308 g/mol. The summed E-state index contributed by atoms with van der Waals surface area (Å²) >= 11 is 0. The van der Waals surface area contributed by atoms with Gasteiger partial charge in [0.2, 0.25) is 5.91 Å². The molecule has 1 aliphatic heterocycles. The van der Waals surface area contributed by atoms with Gasteiger partial charge in [0.05, 0.1) is 19.3 Å². The molecule has 0 aromatic carbocycles. The summed E-state index contributed by atoms with van der Waals surface area (Å²) in [6.45, 7) is 4.40. The van der Waals surface area contributed by atoms with Crippen LogP contribution in [-0.2, 0) is 14.3 Å². The fraction of sp³-hybridized carbons (Fsp3) is 0.889. The lowest BCUT2D eigenvalue weighted by Crippen LogP contribution is -2.51. The summed E-state index contributed by atoms with van der Waals surface area (Å²) in [5, 5.41) is 8.85. The molecule has 0 spiro atoms. The smallest absolute Gasteiger partial charge is 0.317 e. The normalized spacial score (nSPS) is 23.6. The van der Waals surface area contributed by atoms with Crippen molar-refractivity contribution in [3.63, 3.8) is 0 Å². The SMILES string of the molecule is CCC(CC1CCCC1)C(=O)N1CCOC(CN(C)CC(=O)O)C1. The van der Waals surface area contributed by atoms with Gasteiger partial charge in [-0.2, -0.15) is 0 Å². The van der Waals surface area contributed by atoms with E-state index in [-0.39, 0.29) is 24.5 Å². The van der Waals surface area contributed by atoms with Crippen molar-refractivity contribution in [3.05, 3.63) is 0 Å². The van der Waals surface area contributed by atoms with Crippen molar-refractivity contribution in [2.45, 2.75) is 51.6 Å². The largest absolute Gasteiger partial charge is 0.480 e. The molecule has 1 aliphatic carbocycles. The number of nitrogens with zero attached hydrogens (tertiary/aromatic N) is 2. The first-order valence-electron chi connectivity index (χ1n) is 9.30. The highest BCUT2D eigenvalue weighted by atomic mass is 16.5. The number of carboxylic acids is 1. The molecule has 2 unspecified atom stereocenters. The molecule has 2 atom stereocenters. The Kier molecular flexibility index (Phi) is 7.49. The Balaban J connectivity index is 1.84. The van der Waals surface area contributed by atoms with Crippen LogP contribution in [0.5, 0.6) is 0 Å². The monoisotopic (exact) mass is 340 g/mol. The average Bonchev–Trinajstić information content (AvgIpc) is 3.04. The second-order valence-corrected chi connectivity index (χ2v) is 7.36. The Morgan fingerprint density at radius 3 is 2.67 bits per heavy atom. The molecule has 0 radical (unpaired) electrons. The zero-order chi connectivity index (χ0) is 17.5. The molecule has 1 heterocycles. The predicted molar refractivity (Wildman–Crippen MR) is 91.8 cm³/mol. The number of hydrogen-bond acceptors (Lipinski definition) is 4. The minimum absolute atomic E-state index is 0.00687. The summed E-state index contributed by atoms with van der Waals surface area (Å²) in [5.41, 5.74) is 0. The highest BCUT2D eigenvalue weighted by molar-refractivity contribution is 5.79. The van der Waals surface area contributed by atoms with Crippen LogP contribution in [-0.4, -0.2) is 72.7 Å². The first-order valence-corrected chi connectivity index (χ1v) is 9.30. The number of aliphatic carboxylic acids is 1. The van der Waals surface area contributed by atoms with Crippen LogP contribution in [0.1, 0.15) is 45.4 Å². The number of rotatable bonds is 8. The Morgan fingerprint density at radius 1 is 1.33 bits per heavy atom. The maximum atomic E-state index is 12.9. The van der Waals surface area contributed by atoms with E-state index < -0.39 is 5.97 Å². The van der Waals surface area contributed by atoms with E-state index in [1.807, 2.05) is 4.90 Å². The first kappa shape index (κ1) is 19.2. The van der Waals surface area contributed by atoms with E-state index in [9.17, 15) is 9.59 Å². The minimum atomic E-state index is -0.844. The van der Waals surface area contributed by atoms with Crippen molar-refractivity contribution >= 4 is 11.9 Å². The zero-order valence-electron chi connectivity index (χ0n) is 15.1. The van der Waals surface area contributed by atoms with E-state index in [4.69, 9.17) is 9.84 Å². The highest BCUT2D eigenvalue weighted by Gasteiger charge is 2.31. The molecule has 0 bridgehead atoms. The van der Waals surface area contributed by atoms with Crippen molar-refractivity contribution in [3.8, 4) is 0 Å². The molecule has 24 heavy (non-hydrogen) atoms. The van der Waals surface area contributed by atoms with E-state index >= 15 is 0 Å². The lowest BCUT2D eigenvalue weighted by Gasteiger charge is -2.36. The van der Waals surface area contributed by atoms with Crippen LogP contribution in [0.2, 0.25) is 0 Å². The van der Waals surface area contributed by atoms with Gasteiger partial charge in [-0.15, -0.1) is 0 Å². The molecule has 1 saturated heterocycles. The third kappa shape index (κ3) is 5.74. The van der Waals surface area contributed by atoms with E-state index in [2.05, 4.69) is 6.92 Å². The molecule has 1 amide bonds. The number of amides is 1. The standard InChI is InChI=1S/C18H32N2O4/c1-3-15(10-14-6-4-5-7-14)18(23)20-8-9-24-16(12-20)11-19(2)13-17(21)22/h14-16H,3-13H2,1-2H3,(H,21,22). The average molecular weight is 340 g/mol. The van der Waals surface area contributed by atoms with Crippen molar-refractivity contribution in [1.82, 2.24) is 9.80 Å². The molecule has 138 valence electrons. The first-order chi connectivity index (χ1) is 11.5. The van der Waals surface area contributed by atoms with Gasteiger partial charge in [-0.25, -0.2) is 0 Å². The number of carbonyl (C=O) groups is 2. The van der Waals surface area contributed by atoms with E-state index in [0.29, 0.717) is 26.2 Å². The van der Waals surface area contributed by atoms with Crippen LogP contribution in [0.3, 0.4) is 0 Å². The van der Waals surface area contributed by atoms with E-state index in [0.717, 1.165) is 18.8 Å². The Hall–Kier alpha value is -1.14. The van der Waals surface area contributed by atoms with Crippen LogP contribution in [0.25, 0.3) is 0 Å². The second kappa shape index (κ2) is 9.37.